The summed E-state index contributed by atoms with van der Waals surface area (Å²) in [4.78, 5) is 11.2. The SMILES string of the molecule is COC(=O)CNCc1cccc2cc(OCc3ccccc3F)ccc12.Cl. The summed E-state index contributed by atoms with van der Waals surface area (Å²) in [6.07, 6.45) is 0. The van der Waals surface area contributed by atoms with E-state index in [9.17, 15) is 9.18 Å². The second kappa shape index (κ2) is 9.90. The van der Waals surface area contributed by atoms with Crippen LogP contribution in [-0.4, -0.2) is 19.6 Å². The number of fused-ring (bicyclic) bond motifs is 1. The standard InChI is InChI=1S/C21H20FNO3.ClH/c1-25-21(24)13-23-12-16-7-4-6-15-11-18(9-10-19(15)16)26-14-17-5-2-3-8-20(17)22;/h2-11,23H,12-14H2,1H3;1H. The van der Waals surface area contributed by atoms with Crippen LogP contribution in [0.2, 0.25) is 0 Å². The summed E-state index contributed by atoms with van der Waals surface area (Å²) >= 11 is 0. The molecule has 27 heavy (non-hydrogen) atoms. The van der Waals surface area contributed by atoms with Crippen molar-refractivity contribution in [3.05, 3.63) is 77.6 Å². The van der Waals surface area contributed by atoms with Crippen LogP contribution in [0, 0.1) is 5.82 Å². The highest BCUT2D eigenvalue weighted by molar-refractivity contribution is 5.87. The van der Waals surface area contributed by atoms with Crippen molar-refractivity contribution in [3.63, 3.8) is 0 Å². The molecule has 0 aromatic heterocycles. The number of nitrogens with one attached hydrogen (secondary N) is 1. The van der Waals surface area contributed by atoms with Crippen LogP contribution in [0.15, 0.2) is 60.7 Å². The molecule has 3 rings (SSSR count). The summed E-state index contributed by atoms with van der Waals surface area (Å²) in [6, 6.07) is 18.3. The molecule has 0 saturated heterocycles. The van der Waals surface area contributed by atoms with Crippen molar-refractivity contribution < 1.29 is 18.7 Å². The second-order valence-electron chi connectivity index (χ2n) is 5.86. The summed E-state index contributed by atoms with van der Waals surface area (Å²) in [7, 11) is 1.37. The van der Waals surface area contributed by atoms with Gasteiger partial charge in [0.2, 0.25) is 0 Å². The van der Waals surface area contributed by atoms with E-state index in [0.29, 0.717) is 17.9 Å². The molecule has 3 aromatic rings. The molecule has 0 unspecified atom stereocenters. The maximum Gasteiger partial charge on any atom is 0.319 e. The minimum absolute atomic E-state index is 0. The van der Waals surface area contributed by atoms with Crippen molar-refractivity contribution in [1.29, 1.82) is 0 Å². The Labute approximate surface area is 163 Å². The lowest BCUT2D eigenvalue weighted by atomic mass is 10.0. The van der Waals surface area contributed by atoms with E-state index in [2.05, 4.69) is 10.1 Å². The zero-order chi connectivity index (χ0) is 18.4. The number of methoxy groups -OCH3 is 1. The van der Waals surface area contributed by atoms with E-state index in [0.717, 1.165) is 16.3 Å². The van der Waals surface area contributed by atoms with Gasteiger partial charge in [-0.05, 0) is 34.5 Å². The van der Waals surface area contributed by atoms with Gasteiger partial charge in [0.1, 0.15) is 18.2 Å². The lowest BCUT2D eigenvalue weighted by Gasteiger charge is -2.11. The fraction of sp³-hybridized carbons (Fsp3) is 0.190. The molecule has 3 aromatic carbocycles. The minimum atomic E-state index is -0.297. The first kappa shape index (κ1) is 20.7. The number of ether oxygens (including phenoxy) is 2. The number of hydrogen-bond donors (Lipinski definition) is 1. The summed E-state index contributed by atoms with van der Waals surface area (Å²) in [6.45, 7) is 0.900. The molecule has 4 nitrogen and oxygen atoms in total. The minimum Gasteiger partial charge on any atom is -0.489 e. The van der Waals surface area contributed by atoms with Gasteiger partial charge in [0.25, 0.3) is 0 Å². The third-order valence-corrected chi connectivity index (χ3v) is 4.11. The molecule has 0 aliphatic carbocycles. The molecule has 0 aliphatic heterocycles. The maximum atomic E-state index is 13.7. The van der Waals surface area contributed by atoms with E-state index in [1.807, 2.05) is 36.4 Å². The van der Waals surface area contributed by atoms with Crippen molar-refractivity contribution >= 4 is 29.1 Å². The molecule has 0 fully saturated rings. The van der Waals surface area contributed by atoms with Gasteiger partial charge in [-0.1, -0.05) is 42.5 Å². The van der Waals surface area contributed by atoms with Crippen molar-refractivity contribution in [3.8, 4) is 5.75 Å². The maximum absolute atomic E-state index is 13.7. The molecule has 0 saturated carbocycles. The van der Waals surface area contributed by atoms with Crippen molar-refractivity contribution in [2.45, 2.75) is 13.2 Å². The van der Waals surface area contributed by atoms with Gasteiger partial charge in [0.05, 0.1) is 13.7 Å². The van der Waals surface area contributed by atoms with Crippen LogP contribution < -0.4 is 10.1 Å². The highest BCUT2D eigenvalue weighted by Gasteiger charge is 2.06. The first-order valence-corrected chi connectivity index (χ1v) is 8.33. The third-order valence-electron chi connectivity index (χ3n) is 4.11. The number of halogens is 2. The molecule has 6 heteroatoms. The zero-order valence-corrected chi connectivity index (χ0v) is 15.7. The molecule has 0 radical (unpaired) electrons. The van der Waals surface area contributed by atoms with Gasteiger partial charge in [-0.2, -0.15) is 0 Å². The van der Waals surface area contributed by atoms with Crippen LogP contribution in [0.1, 0.15) is 11.1 Å². The largest absolute Gasteiger partial charge is 0.489 e. The van der Waals surface area contributed by atoms with E-state index in [1.54, 1.807) is 18.2 Å². The molecule has 0 heterocycles. The highest BCUT2D eigenvalue weighted by Crippen LogP contribution is 2.25. The number of carbonyl (C=O) groups excluding carboxylic acids is 1. The van der Waals surface area contributed by atoms with Gasteiger partial charge in [-0.25, -0.2) is 4.39 Å². The Kier molecular flexibility index (Phi) is 7.58. The second-order valence-corrected chi connectivity index (χ2v) is 5.86. The number of rotatable bonds is 7. The Morgan fingerprint density at radius 1 is 1.04 bits per heavy atom. The van der Waals surface area contributed by atoms with E-state index in [4.69, 9.17) is 4.74 Å². The Hall–Kier alpha value is -2.63. The van der Waals surface area contributed by atoms with Gasteiger partial charge in [-0.3, -0.25) is 4.79 Å². The average Bonchev–Trinajstić information content (AvgIpc) is 2.67. The van der Waals surface area contributed by atoms with Crippen molar-refractivity contribution in [2.24, 2.45) is 0 Å². The van der Waals surface area contributed by atoms with Crippen LogP contribution in [0.3, 0.4) is 0 Å². The summed E-state index contributed by atoms with van der Waals surface area (Å²) < 4.78 is 24.0. The smallest absolute Gasteiger partial charge is 0.319 e. The first-order chi connectivity index (χ1) is 12.7. The van der Waals surface area contributed by atoms with Crippen LogP contribution in [-0.2, 0) is 22.7 Å². The monoisotopic (exact) mass is 389 g/mol. The van der Waals surface area contributed by atoms with Crippen LogP contribution >= 0.6 is 12.4 Å². The van der Waals surface area contributed by atoms with E-state index >= 15 is 0 Å². The quantitative estimate of drug-likeness (QED) is 0.614. The molecular formula is C21H21ClFNO3. The Balaban J connectivity index is 0.00000261. The normalized spacial score (nSPS) is 10.3. The Morgan fingerprint density at radius 2 is 1.81 bits per heavy atom. The zero-order valence-electron chi connectivity index (χ0n) is 14.9. The molecule has 142 valence electrons. The molecule has 0 spiro atoms. The van der Waals surface area contributed by atoms with Crippen molar-refractivity contribution in [1.82, 2.24) is 5.32 Å². The average molecular weight is 390 g/mol. The van der Waals surface area contributed by atoms with E-state index < -0.39 is 0 Å². The van der Waals surface area contributed by atoms with Crippen LogP contribution in [0.4, 0.5) is 4.39 Å². The summed E-state index contributed by atoms with van der Waals surface area (Å²) in [5.74, 6) is 0.113. The number of benzene rings is 3. The predicted molar refractivity (Wildman–Crippen MR) is 106 cm³/mol. The van der Waals surface area contributed by atoms with Gasteiger partial charge < -0.3 is 14.8 Å². The topological polar surface area (TPSA) is 47.6 Å². The molecule has 0 aliphatic rings. The first-order valence-electron chi connectivity index (χ1n) is 8.33. The van der Waals surface area contributed by atoms with Gasteiger partial charge >= 0.3 is 5.97 Å². The lowest BCUT2D eigenvalue weighted by molar-refractivity contribution is -0.139. The molecule has 0 bridgehead atoms. The predicted octanol–water partition coefficient (Wildman–Crippen LogP) is 4.24. The van der Waals surface area contributed by atoms with E-state index in [1.165, 1.54) is 13.2 Å². The lowest BCUT2D eigenvalue weighted by Crippen LogP contribution is -2.23. The van der Waals surface area contributed by atoms with E-state index in [-0.39, 0.29) is 37.3 Å². The molecular weight excluding hydrogens is 369 g/mol. The fourth-order valence-corrected chi connectivity index (χ4v) is 2.72. The summed E-state index contributed by atoms with van der Waals surface area (Å²) in [5.41, 5.74) is 1.60. The third kappa shape index (κ3) is 5.42. The number of carbonyl (C=O) groups is 1. The summed E-state index contributed by atoms with van der Waals surface area (Å²) in [5, 5.41) is 5.16. The van der Waals surface area contributed by atoms with Gasteiger partial charge in [0.15, 0.2) is 0 Å². The van der Waals surface area contributed by atoms with Crippen LogP contribution in [0.25, 0.3) is 10.8 Å². The van der Waals surface area contributed by atoms with Crippen LogP contribution in [0.5, 0.6) is 5.75 Å². The van der Waals surface area contributed by atoms with Crippen molar-refractivity contribution in [2.75, 3.05) is 13.7 Å². The fourth-order valence-electron chi connectivity index (χ4n) is 2.72. The Bertz CT molecular complexity index is 917. The van der Waals surface area contributed by atoms with Gasteiger partial charge in [0, 0.05) is 12.1 Å². The number of esters is 1. The molecule has 1 N–H and O–H groups in total. The molecule has 0 amide bonds. The Morgan fingerprint density at radius 3 is 2.59 bits per heavy atom. The van der Waals surface area contributed by atoms with Gasteiger partial charge in [-0.15, -0.1) is 12.4 Å². The number of hydrogen-bond acceptors (Lipinski definition) is 4. The highest BCUT2D eigenvalue weighted by atomic mass is 35.5. The molecule has 0 atom stereocenters.